The number of hydrogen-bond acceptors (Lipinski definition) is 2. The first kappa shape index (κ1) is 8.70. The van der Waals surface area contributed by atoms with E-state index in [1.807, 2.05) is 30.3 Å². The average molecular weight is 223 g/mol. The predicted octanol–water partition coefficient (Wildman–Crippen LogP) is 3.77. The third-order valence-electron chi connectivity index (χ3n) is 3.20. The minimum absolute atomic E-state index is 0.181. The van der Waals surface area contributed by atoms with E-state index in [0.717, 1.165) is 21.8 Å². The topological polar surface area (TPSA) is 49.2 Å². The van der Waals surface area contributed by atoms with E-state index >= 15 is 0 Å². The van der Waals surface area contributed by atoms with Crippen LogP contribution in [0.2, 0.25) is 0 Å². The van der Waals surface area contributed by atoms with Crippen molar-refractivity contribution in [3.63, 3.8) is 0 Å². The van der Waals surface area contributed by atoms with E-state index in [2.05, 4.69) is 11.1 Å². The van der Waals surface area contributed by atoms with Gasteiger partial charge in [0.15, 0.2) is 11.3 Å². The number of aromatic amines is 1. The summed E-state index contributed by atoms with van der Waals surface area (Å²) in [6.07, 6.45) is 1.37. The van der Waals surface area contributed by atoms with Crippen LogP contribution in [0.15, 0.2) is 47.1 Å². The van der Waals surface area contributed by atoms with E-state index in [0.29, 0.717) is 5.58 Å². The summed E-state index contributed by atoms with van der Waals surface area (Å²) in [6.45, 7) is 0. The number of H-pyrrole nitrogens is 1. The van der Waals surface area contributed by atoms with E-state index < -0.39 is 0 Å². The molecule has 0 aliphatic rings. The van der Waals surface area contributed by atoms with Crippen molar-refractivity contribution >= 4 is 32.8 Å². The lowest BCUT2D eigenvalue weighted by Gasteiger charge is -1.92. The lowest BCUT2D eigenvalue weighted by Crippen LogP contribution is -1.69. The van der Waals surface area contributed by atoms with Gasteiger partial charge in [-0.25, -0.2) is 0 Å². The summed E-state index contributed by atoms with van der Waals surface area (Å²) >= 11 is 0. The zero-order valence-electron chi connectivity index (χ0n) is 8.90. The van der Waals surface area contributed by atoms with Crippen molar-refractivity contribution < 1.29 is 9.52 Å². The Kier molecular flexibility index (Phi) is 1.45. The molecule has 3 nitrogen and oxygen atoms in total. The van der Waals surface area contributed by atoms with Crippen molar-refractivity contribution in [1.82, 2.24) is 4.98 Å². The van der Waals surface area contributed by atoms with Crippen LogP contribution in [0.1, 0.15) is 0 Å². The molecule has 2 N–H and O–H groups in total. The smallest absolute Gasteiger partial charge is 0.161 e. The fourth-order valence-electron chi connectivity index (χ4n) is 2.40. The van der Waals surface area contributed by atoms with Gasteiger partial charge in [-0.2, -0.15) is 0 Å². The highest BCUT2D eigenvalue weighted by Crippen LogP contribution is 2.35. The molecule has 0 spiro atoms. The van der Waals surface area contributed by atoms with Crippen LogP contribution in [0, 0.1) is 0 Å². The molecule has 0 saturated heterocycles. The monoisotopic (exact) mass is 223 g/mol. The van der Waals surface area contributed by atoms with Crippen LogP contribution in [0.4, 0.5) is 0 Å². The quantitative estimate of drug-likeness (QED) is 0.476. The van der Waals surface area contributed by atoms with E-state index in [1.54, 1.807) is 0 Å². The Morgan fingerprint density at radius 1 is 0.941 bits per heavy atom. The summed E-state index contributed by atoms with van der Waals surface area (Å²) in [7, 11) is 0. The highest BCUT2D eigenvalue weighted by atomic mass is 16.4. The molecule has 4 aromatic rings. The van der Waals surface area contributed by atoms with Gasteiger partial charge in [0.25, 0.3) is 0 Å². The third kappa shape index (κ3) is 1.00. The SMILES string of the molecule is Oc1coc2c1ccc1c3ccccc3[nH]c12. The second-order valence-electron chi connectivity index (χ2n) is 4.16. The molecule has 0 amide bonds. The molecule has 17 heavy (non-hydrogen) atoms. The van der Waals surface area contributed by atoms with Gasteiger partial charge in [0.2, 0.25) is 0 Å². The summed E-state index contributed by atoms with van der Waals surface area (Å²) in [5.74, 6) is 0.181. The molecule has 0 saturated carbocycles. The second kappa shape index (κ2) is 2.83. The number of aromatic hydroxyl groups is 1. The zero-order chi connectivity index (χ0) is 11.4. The number of hydrogen-bond donors (Lipinski definition) is 2. The molecule has 0 unspecified atom stereocenters. The number of rotatable bonds is 0. The van der Waals surface area contributed by atoms with Crippen LogP contribution in [0.3, 0.4) is 0 Å². The lowest BCUT2D eigenvalue weighted by molar-refractivity contribution is 0.464. The highest BCUT2D eigenvalue weighted by Gasteiger charge is 2.11. The van der Waals surface area contributed by atoms with Crippen LogP contribution in [-0.2, 0) is 0 Å². The highest BCUT2D eigenvalue weighted by molar-refractivity contribution is 6.16. The Hall–Kier alpha value is -2.42. The van der Waals surface area contributed by atoms with Gasteiger partial charge >= 0.3 is 0 Å². The third-order valence-corrected chi connectivity index (χ3v) is 3.20. The van der Waals surface area contributed by atoms with Gasteiger partial charge in [0.1, 0.15) is 6.26 Å². The van der Waals surface area contributed by atoms with E-state index in [9.17, 15) is 5.11 Å². The van der Waals surface area contributed by atoms with E-state index in [-0.39, 0.29) is 5.75 Å². The molecule has 0 fully saturated rings. The Morgan fingerprint density at radius 2 is 1.76 bits per heavy atom. The van der Waals surface area contributed by atoms with Gasteiger partial charge in [-0.15, -0.1) is 0 Å². The first-order valence-corrected chi connectivity index (χ1v) is 5.44. The Balaban J connectivity index is 2.34. The molecule has 2 aromatic heterocycles. The fourth-order valence-corrected chi connectivity index (χ4v) is 2.40. The molecule has 4 rings (SSSR count). The molecule has 82 valence electrons. The van der Waals surface area contributed by atoms with Crippen molar-refractivity contribution in [3.05, 3.63) is 42.7 Å². The van der Waals surface area contributed by atoms with Crippen LogP contribution in [0.5, 0.6) is 5.75 Å². The summed E-state index contributed by atoms with van der Waals surface area (Å²) < 4.78 is 5.41. The van der Waals surface area contributed by atoms with Crippen LogP contribution >= 0.6 is 0 Å². The molecule has 0 atom stereocenters. The molecule has 3 heteroatoms. The van der Waals surface area contributed by atoms with E-state index in [4.69, 9.17) is 4.42 Å². The van der Waals surface area contributed by atoms with Crippen molar-refractivity contribution in [2.45, 2.75) is 0 Å². The van der Waals surface area contributed by atoms with Crippen LogP contribution in [-0.4, -0.2) is 10.1 Å². The largest absolute Gasteiger partial charge is 0.504 e. The predicted molar refractivity (Wildman–Crippen MR) is 67.2 cm³/mol. The summed E-state index contributed by atoms with van der Waals surface area (Å²) in [5, 5.41) is 12.7. The van der Waals surface area contributed by atoms with E-state index in [1.165, 1.54) is 11.6 Å². The Labute approximate surface area is 96.3 Å². The Morgan fingerprint density at radius 3 is 2.71 bits per heavy atom. The number of nitrogens with one attached hydrogen (secondary N) is 1. The van der Waals surface area contributed by atoms with Crippen molar-refractivity contribution in [2.75, 3.05) is 0 Å². The molecule has 0 aliphatic carbocycles. The lowest BCUT2D eigenvalue weighted by atomic mass is 10.1. The van der Waals surface area contributed by atoms with Crippen molar-refractivity contribution in [3.8, 4) is 5.75 Å². The zero-order valence-corrected chi connectivity index (χ0v) is 8.90. The maximum atomic E-state index is 9.64. The van der Waals surface area contributed by atoms with Gasteiger partial charge < -0.3 is 14.5 Å². The molecule has 0 bridgehead atoms. The average Bonchev–Trinajstić information content (AvgIpc) is 2.90. The standard InChI is InChI=1S/C14H9NO2/c16-12-7-17-14-10(12)6-5-9-8-3-1-2-4-11(8)15-13(9)14/h1-7,15-16H. The van der Waals surface area contributed by atoms with Crippen LogP contribution in [0.25, 0.3) is 32.8 Å². The van der Waals surface area contributed by atoms with Gasteiger partial charge in [-0.3, -0.25) is 0 Å². The first-order chi connectivity index (χ1) is 8.34. The normalized spacial score (nSPS) is 11.8. The summed E-state index contributed by atoms with van der Waals surface area (Å²) in [5.41, 5.74) is 2.71. The molecule has 2 heterocycles. The minimum atomic E-state index is 0.181. The number of furan rings is 1. The molecular weight excluding hydrogens is 214 g/mol. The molecule has 2 aromatic carbocycles. The number of fused-ring (bicyclic) bond motifs is 5. The van der Waals surface area contributed by atoms with Crippen molar-refractivity contribution in [2.24, 2.45) is 0 Å². The van der Waals surface area contributed by atoms with Crippen LogP contribution < -0.4 is 0 Å². The minimum Gasteiger partial charge on any atom is -0.504 e. The molecular formula is C14H9NO2. The Bertz CT molecular complexity index is 854. The maximum Gasteiger partial charge on any atom is 0.161 e. The summed E-state index contributed by atoms with van der Waals surface area (Å²) in [4.78, 5) is 3.33. The van der Waals surface area contributed by atoms with Gasteiger partial charge in [0.05, 0.1) is 10.9 Å². The second-order valence-corrected chi connectivity index (χ2v) is 4.16. The molecule has 0 radical (unpaired) electrons. The van der Waals surface area contributed by atoms with Gasteiger partial charge in [-0.05, 0) is 12.1 Å². The van der Waals surface area contributed by atoms with Gasteiger partial charge in [-0.1, -0.05) is 24.3 Å². The van der Waals surface area contributed by atoms with Crippen molar-refractivity contribution in [1.29, 1.82) is 0 Å². The van der Waals surface area contributed by atoms with Gasteiger partial charge in [0, 0.05) is 16.3 Å². The summed E-state index contributed by atoms with van der Waals surface area (Å²) in [6, 6.07) is 12.0. The fraction of sp³-hybridized carbons (Fsp3) is 0. The molecule has 0 aliphatic heterocycles. The maximum absolute atomic E-state index is 9.64. The number of benzene rings is 2. The number of aromatic nitrogens is 1. The number of para-hydroxylation sites is 1. The first-order valence-electron chi connectivity index (χ1n) is 5.44.